The van der Waals surface area contributed by atoms with Crippen LogP contribution >= 0.6 is 23.4 Å². The van der Waals surface area contributed by atoms with E-state index in [9.17, 15) is 12.8 Å². The first kappa shape index (κ1) is 15.1. The van der Waals surface area contributed by atoms with Crippen LogP contribution in [0.25, 0.3) is 0 Å². The summed E-state index contributed by atoms with van der Waals surface area (Å²) in [5.41, 5.74) is 0.686. The molecule has 2 heterocycles. The van der Waals surface area contributed by atoms with Gasteiger partial charge in [0.1, 0.15) is 5.82 Å². The van der Waals surface area contributed by atoms with E-state index in [1.54, 1.807) is 17.8 Å². The van der Waals surface area contributed by atoms with E-state index in [1.807, 2.05) is 11.8 Å². The fourth-order valence-corrected chi connectivity index (χ4v) is 5.57. The molecule has 0 amide bonds. The van der Waals surface area contributed by atoms with Crippen molar-refractivity contribution in [2.24, 2.45) is 4.99 Å². The van der Waals surface area contributed by atoms with Gasteiger partial charge in [0.2, 0.25) is 0 Å². The molecule has 114 valence electrons. The standard InChI is InChI=1S/C13H14ClFN2O2S2/c1-2-20-13-16-11-6-21(18,19)7-12(11)17(13)8-3-4-10(15)9(14)5-8/h3-5,11-12H,2,6-7H2,1H3/t11-,12-/m1/s1. The lowest BCUT2D eigenvalue weighted by Crippen LogP contribution is -2.39. The van der Waals surface area contributed by atoms with E-state index in [4.69, 9.17) is 11.6 Å². The van der Waals surface area contributed by atoms with Crippen molar-refractivity contribution in [2.75, 3.05) is 22.2 Å². The molecule has 1 aromatic rings. The molecular formula is C13H14ClFN2O2S2. The number of fused-ring (bicyclic) bond motifs is 1. The smallest absolute Gasteiger partial charge is 0.164 e. The minimum atomic E-state index is -3.07. The van der Waals surface area contributed by atoms with Gasteiger partial charge < -0.3 is 4.90 Å². The summed E-state index contributed by atoms with van der Waals surface area (Å²) in [5, 5.41) is 0.808. The molecule has 2 aliphatic heterocycles. The number of benzene rings is 1. The first-order valence-electron chi connectivity index (χ1n) is 6.56. The quantitative estimate of drug-likeness (QED) is 0.824. The third-order valence-electron chi connectivity index (χ3n) is 3.56. The summed E-state index contributed by atoms with van der Waals surface area (Å²) in [6, 6.07) is 3.97. The van der Waals surface area contributed by atoms with Gasteiger partial charge in [-0.15, -0.1) is 0 Å². The predicted molar refractivity (Wildman–Crippen MR) is 85.7 cm³/mol. The lowest BCUT2D eigenvalue weighted by Gasteiger charge is -2.26. The maximum absolute atomic E-state index is 13.3. The van der Waals surface area contributed by atoms with E-state index in [0.717, 1.165) is 10.9 Å². The highest BCUT2D eigenvalue weighted by Crippen LogP contribution is 2.36. The number of aliphatic imine (C=N–C) groups is 1. The molecule has 0 saturated carbocycles. The fourth-order valence-electron chi connectivity index (χ4n) is 2.70. The second-order valence-corrected chi connectivity index (χ2v) is 8.82. The maximum Gasteiger partial charge on any atom is 0.164 e. The molecule has 1 aromatic carbocycles. The van der Waals surface area contributed by atoms with Gasteiger partial charge in [-0.2, -0.15) is 0 Å². The summed E-state index contributed by atoms with van der Waals surface area (Å²) in [6.45, 7) is 2.01. The van der Waals surface area contributed by atoms with Gasteiger partial charge in [-0.05, 0) is 24.0 Å². The molecule has 0 bridgehead atoms. The Morgan fingerprint density at radius 1 is 1.48 bits per heavy atom. The Balaban J connectivity index is 2.01. The molecule has 0 spiro atoms. The van der Waals surface area contributed by atoms with Gasteiger partial charge in [0.25, 0.3) is 0 Å². The molecule has 1 saturated heterocycles. The Labute approximate surface area is 132 Å². The summed E-state index contributed by atoms with van der Waals surface area (Å²) in [4.78, 5) is 6.42. The highest BCUT2D eigenvalue weighted by atomic mass is 35.5. The third-order valence-corrected chi connectivity index (χ3v) is 6.40. The number of rotatable bonds is 2. The van der Waals surface area contributed by atoms with Gasteiger partial charge in [-0.1, -0.05) is 30.3 Å². The third kappa shape index (κ3) is 2.78. The first-order chi connectivity index (χ1) is 9.91. The zero-order chi connectivity index (χ0) is 15.2. The molecule has 2 atom stereocenters. The van der Waals surface area contributed by atoms with E-state index in [1.165, 1.54) is 12.1 Å². The number of hydrogen-bond acceptors (Lipinski definition) is 5. The highest BCUT2D eigenvalue weighted by molar-refractivity contribution is 8.14. The predicted octanol–water partition coefficient (Wildman–Crippen LogP) is 2.57. The minimum absolute atomic E-state index is 0.0256. The number of amidine groups is 1. The van der Waals surface area contributed by atoms with Crippen LogP contribution in [0.1, 0.15) is 6.92 Å². The molecule has 2 aliphatic rings. The monoisotopic (exact) mass is 348 g/mol. The van der Waals surface area contributed by atoms with Gasteiger partial charge in [0, 0.05) is 5.69 Å². The average Bonchev–Trinajstić information content (AvgIpc) is 2.85. The van der Waals surface area contributed by atoms with E-state index < -0.39 is 15.7 Å². The Morgan fingerprint density at radius 2 is 2.24 bits per heavy atom. The second-order valence-electron chi connectivity index (χ2n) is 5.02. The number of anilines is 1. The molecule has 1 fully saturated rings. The Kier molecular flexibility index (Phi) is 3.92. The van der Waals surface area contributed by atoms with Crippen LogP contribution in [0.4, 0.5) is 10.1 Å². The number of nitrogens with zero attached hydrogens (tertiary/aromatic N) is 2. The molecule has 3 rings (SSSR count). The zero-order valence-corrected chi connectivity index (χ0v) is 13.7. The SMILES string of the molecule is CCSC1=N[C@@H]2CS(=O)(=O)C[C@H]2N1c1ccc(F)c(Cl)c1. The molecule has 8 heteroatoms. The van der Waals surface area contributed by atoms with Crippen molar-refractivity contribution in [3.63, 3.8) is 0 Å². The molecule has 0 radical (unpaired) electrons. The van der Waals surface area contributed by atoms with Crippen LogP contribution in [0, 0.1) is 5.82 Å². The highest BCUT2D eigenvalue weighted by Gasteiger charge is 2.47. The summed E-state index contributed by atoms with van der Waals surface area (Å²) in [5.74, 6) is 0.494. The normalized spacial score (nSPS) is 26.8. The van der Waals surface area contributed by atoms with Gasteiger partial charge in [0.15, 0.2) is 15.0 Å². The van der Waals surface area contributed by atoms with Crippen molar-refractivity contribution in [1.29, 1.82) is 0 Å². The summed E-state index contributed by atoms with van der Waals surface area (Å²) in [6.07, 6.45) is 0. The van der Waals surface area contributed by atoms with Crippen LogP contribution in [0.5, 0.6) is 0 Å². The Morgan fingerprint density at radius 3 is 2.90 bits per heavy atom. The summed E-state index contributed by atoms with van der Waals surface area (Å²) < 4.78 is 37.0. The molecule has 0 aliphatic carbocycles. The van der Waals surface area contributed by atoms with Crippen LogP contribution in [0.3, 0.4) is 0 Å². The lowest BCUT2D eigenvalue weighted by molar-refractivity contribution is 0.601. The summed E-state index contributed by atoms with van der Waals surface area (Å²) in [7, 11) is -3.07. The largest absolute Gasteiger partial charge is 0.315 e. The second kappa shape index (κ2) is 5.44. The van der Waals surface area contributed by atoms with Crippen LogP contribution in [-0.2, 0) is 9.84 Å². The lowest BCUT2D eigenvalue weighted by atomic mass is 10.1. The van der Waals surface area contributed by atoms with Crippen molar-refractivity contribution in [2.45, 2.75) is 19.0 Å². The van der Waals surface area contributed by atoms with E-state index in [0.29, 0.717) is 5.69 Å². The van der Waals surface area contributed by atoms with E-state index in [2.05, 4.69) is 4.99 Å². The number of hydrogen-bond donors (Lipinski definition) is 0. The van der Waals surface area contributed by atoms with Gasteiger partial charge in [0.05, 0.1) is 28.6 Å². The van der Waals surface area contributed by atoms with Gasteiger partial charge in [-0.3, -0.25) is 4.99 Å². The summed E-state index contributed by atoms with van der Waals surface area (Å²) >= 11 is 7.40. The van der Waals surface area contributed by atoms with Crippen LogP contribution in [0.2, 0.25) is 5.02 Å². The van der Waals surface area contributed by atoms with Crippen molar-refractivity contribution >= 4 is 44.1 Å². The number of thioether (sulfide) groups is 1. The van der Waals surface area contributed by atoms with Crippen molar-refractivity contribution in [3.8, 4) is 0 Å². The molecular weight excluding hydrogens is 335 g/mol. The van der Waals surface area contributed by atoms with Crippen molar-refractivity contribution in [1.82, 2.24) is 0 Å². The van der Waals surface area contributed by atoms with Crippen LogP contribution in [0.15, 0.2) is 23.2 Å². The molecule has 0 N–H and O–H groups in total. The van der Waals surface area contributed by atoms with Gasteiger partial charge in [-0.25, -0.2) is 12.8 Å². The van der Waals surface area contributed by atoms with E-state index >= 15 is 0 Å². The van der Waals surface area contributed by atoms with Gasteiger partial charge >= 0.3 is 0 Å². The molecule has 0 unspecified atom stereocenters. The van der Waals surface area contributed by atoms with Crippen molar-refractivity contribution in [3.05, 3.63) is 29.0 Å². The van der Waals surface area contributed by atoms with Crippen LogP contribution in [-0.4, -0.2) is 42.9 Å². The Bertz CT molecular complexity index is 708. The molecule has 4 nitrogen and oxygen atoms in total. The number of halogens is 2. The molecule has 21 heavy (non-hydrogen) atoms. The maximum atomic E-state index is 13.3. The first-order valence-corrected chi connectivity index (χ1v) is 9.75. The minimum Gasteiger partial charge on any atom is -0.315 e. The average molecular weight is 349 g/mol. The van der Waals surface area contributed by atoms with E-state index in [-0.39, 0.29) is 28.6 Å². The topological polar surface area (TPSA) is 49.7 Å². The van der Waals surface area contributed by atoms with Crippen LogP contribution < -0.4 is 4.90 Å². The van der Waals surface area contributed by atoms with Crippen molar-refractivity contribution < 1.29 is 12.8 Å². The Hall–Kier alpha value is -0.790. The number of sulfone groups is 1. The fraction of sp³-hybridized carbons (Fsp3) is 0.462. The molecule has 0 aromatic heterocycles. The zero-order valence-electron chi connectivity index (χ0n) is 11.3.